The second kappa shape index (κ2) is 18.1. The lowest BCUT2D eigenvalue weighted by Crippen LogP contribution is -2.53. The molecule has 5 heterocycles. The molecule has 2 aliphatic heterocycles. The SMILES string of the molecule is CN(C(=O)c1cc(OCCCCCN2CCN(CCCc3ncc(-c4ccc5c6cnccc6n(C)c5c4)cc3C(F)(F)F)CC2)ccc1C=O)C1CCC(=O)NC1=O. The highest BCUT2D eigenvalue weighted by atomic mass is 19.4. The maximum atomic E-state index is 14.3. The molecule has 2 saturated heterocycles. The fraction of sp³-hybridized carbons (Fsp3) is 0.409. The van der Waals surface area contributed by atoms with E-state index in [9.17, 15) is 32.3 Å². The zero-order valence-electron chi connectivity index (χ0n) is 33.3. The van der Waals surface area contributed by atoms with E-state index < -0.39 is 29.6 Å². The lowest BCUT2D eigenvalue weighted by atomic mass is 10.0. The van der Waals surface area contributed by atoms with E-state index in [-0.39, 0.29) is 42.0 Å². The predicted molar refractivity (Wildman–Crippen MR) is 217 cm³/mol. The van der Waals surface area contributed by atoms with Crippen molar-refractivity contribution in [3.63, 3.8) is 0 Å². The molecule has 2 aromatic carbocycles. The quantitative estimate of drug-likeness (QED) is 0.0737. The Balaban J connectivity index is 0.829. The molecular weight excluding hydrogens is 764 g/mol. The first-order valence-corrected chi connectivity index (χ1v) is 20.1. The van der Waals surface area contributed by atoms with Gasteiger partial charge in [-0.25, -0.2) is 0 Å². The summed E-state index contributed by atoms with van der Waals surface area (Å²) in [5.74, 6) is -0.973. The zero-order valence-corrected chi connectivity index (χ0v) is 33.3. The number of rotatable bonds is 15. The number of alkyl halides is 3. The summed E-state index contributed by atoms with van der Waals surface area (Å²) >= 11 is 0. The van der Waals surface area contributed by atoms with Gasteiger partial charge in [-0.2, -0.15) is 13.2 Å². The first kappa shape index (κ1) is 41.5. The van der Waals surface area contributed by atoms with Gasteiger partial charge in [-0.1, -0.05) is 12.1 Å². The van der Waals surface area contributed by atoms with E-state index in [1.807, 2.05) is 35.9 Å². The van der Waals surface area contributed by atoms with Gasteiger partial charge in [0.1, 0.15) is 11.8 Å². The van der Waals surface area contributed by atoms with Crippen LogP contribution >= 0.6 is 0 Å². The first-order chi connectivity index (χ1) is 28.4. The Morgan fingerprint density at radius 2 is 1.68 bits per heavy atom. The van der Waals surface area contributed by atoms with Crippen LogP contribution in [0.1, 0.15) is 70.5 Å². The summed E-state index contributed by atoms with van der Waals surface area (Å²) in [6, 6.07) is 12.7. The smallest absolute Gasteiger partial charge is 0.418 e. The Kier molecular flexibility index (Phi) is 12.7. The number of imide groups is 1. The lowest BCUT2D eigenvalue weighted by Gasteiger charge is -2.34. The van der Waals surface area contributed by atoms with Gasteiger partial charge in [0.25, 0.3) is 5.91 Å². The van der Waals surface area contributed by atoms with Gasteiger partial charge in [0.2, 0.25) is 11.8 Å². The highest BCUT2D eigenvalue weighted by molar-refractivity contribution is 6.09. The molecule has 1 atom stereocenters. The molecule has 0 aliphatic carbocycles. The Morgan fingerprint density at radius 3 is 2.41 bits per heavy atom. The van der Waals surface area contributed by atoms with Crippen LogP contribution in [0.25, 0.3) is 32.9 Å². The highest BCUT2D eigenvalue weighted by Gasteiger charge is 2.35. The number of carbonyl (C=O) groups excluding carboxylic acids is 4. The Labute approximate surface area is 340 Å². The second-order valence-electron chi connectivity index (χ2n) is 15.3. The van der Waals surface area contributed by atoms with Gasteiger partial charge < -0.3 is 24.0 Å². The van der Waals surface area contributed by atoms with Crippen LogP contribution in [0, 0.1) is 0 Å². The van der Waals surface area contributed by atoms with Crippen LogP contribution in [0.4, 0.5) is 13.2 Å². The lowest BCUT2D eigenvalue weighted by molar-refractivity contribution is -0.139. The number of unbranched alkanes of at least 4 members (excludes halogenated alkanes) is 2. The number of piperazine rings is 1. The molecule has 3 aromatic heterocycles. The summed E-state index contributed by atoms with van der Waals surface area (Å²) in [7, 11) is 3.42. The van der Waals surface area contributed by atoms with Crippen LogP contribution in [-0.4, -0.2) is 112 Å². The molecule has 7 rings (SSSR count). The third-order valence-electron chi connectivity index (χ3n) is 11.5. The third-order valence-corrected chi connectivity index (χ3v) is 11.5. The van der Waals surface area contributed by atoms with Crippen LogP contribution in [0.15, 0.2) is 67.1 Å². The van der Waals surface area contributed by atoms with Gasteiger partial charge in [0.15, 0.2) is 6.29 Å². The number of hydrogen-bond acceptors (Lipinski definition) is 9. The number of aromatic nitrogens is 3. The normalized spacial score (nSPS) is 16.7. The van der Waals surface area contributed by atoms with Crippen molar-refractivity contribution in [2.45, 2.75) is 57.2 Å². The van der Waals surface area contributed by atoms with Gasteiger partial charge in [-0.3, -0.25) is 34.5 Å². The summed E-state index contributed by atoms with van der Waals surface area (Å²) in [5.41, 5.74) is 2.74. The molecular formula is C44H48F3N7O5. The predicted octanol–water partition coefficient (Wildman–Crippen LogP) is 6.30. The number of nitrogens with one attached hydrogen (secondary N) is 1. The Bertz CT molecular complexity index is 2360. The summed E-state index contributed by atoms with van der Waals surface area (Å²) in [4.78, 5) is 63.3. The van der Waals surface area contributed by atoms with Crippen LogP contribution in [-0.2, 0) is 29.2 Å². The number of ether oxygens (including phenoxy) is 1. The number of piperidine rings is 1. The number of halogens is 3. The standard InChI is InChI=1S/C44H48F3N7O5/c1-51-38-14-15-48-27-35(38)33-11-9-29(24-40(33)51)31-23-36(44(45,46)47)37(49-26-31)7-6-17-54-20-18-53(19-21-54)16-4-3-5-22-59-32-10-8-30(28-55)34(25-32)43(58)52(2)39-12-13-41(56)50-42(39)57/h8-11,14-15,23-28,39H,3-7,12-13,16-22H2,1-2H3,(H,50,56,57). The van der Waals surface area contributed by atoms with E-state index in [4.69, 9.17) is 4.74 Å². The van der Waals surface area contributed by atoms with E-state index in [2.05, 4.69) is 25.1 Å². The molecule has 0 bridgehead atoms. The van der Waals surface area contributed by atoms with E-state index >= 15 is 0 Å². The van der Waals surface area contributed by atoms with Gasteiger partial charge >= 0.3 is 6.18 Å². The number of aldehydes is 1. The van der Waals surface area contributed by atoms with Crippen LogP contribution in [0.3, 0.4) is 0 Å². The Morgan fingerprint density at radius 1 is 0.915 bits per heavy atom. The van der Waals surface area contributed by atoms with Crippen molar-refractivity contribution in [1.29, 1.82) is 0 Å². The minimum atomic E-state index is -4.52. The number of likely N-dealkylation sites (N-methyl/N-ethyl adjacent to an activating group) is 1. The minimum Gasteiger partial charge on any atom is -0.494 e. The maximum Gasteiger partial charge on any atom is 0.418 e. The van der Waals surface area contributed by atoms with Crippen LogP contribution < -0.4 is 10.1 Å². The molecule has 5 aromatic rings. The summed E-state index contributed by atoms with van der Waals surface area (Å²) in [5, 5.41) is 4.24. The number of aryl methyl sites for hydroxylation is 2. The Hall–Kier alpha value is -5.67. The number of carbonyl (C=O) groups is 4. The average molecular weight is 812 g/mol. The van der Waals surface area contributed by atoms with Crippen molar-refractivity contribution >= 4 is 45.8 Å². The number of amides is 3. The number of fused-ring (bicyclic) bond motifs is 3. The minimum absolute atomic E-state index is 0.0740. The van der Waals surface area contributed by atoms with Crippen molar-refractivity contribution in [3.8, 4) is 16.9 Å². The fourth-order valence-corrected chi connectivity index (χ4v) is 8.14. The van der Waals surface area contributed by atoms with Crippen molar-refractivity contribution in [3.05, 3.63) is 89.5 Å². The average Bonchev–Trinajstić information content (AvgIpc) is 3.52. The molecule has 1 unspecified atom stereocenters. The third kappa shape index (κ3) is 9.47. The van der Waals surface area contributed by atoms with Gasteiger partial charge in [0.05, 0.1) is 28.9 Å². The van der Waals surface area contributed by atoms with Crippen molar-refractivity contribution in [2.24, 2.45) is 7.05 Å². The topological polar surface area (TPSA) is 130 Å². The van der Waals surface area contributed by atoms with Crippen LogP contribution in [0.5, 0.6) is 5.75 Å². The number of hydrogen-bond donors (Lipinski definition) is 1. The molecule has 0 saturated carbocycles. The van der Waals surface area contributed by atoms with E-state index in [1.165, 1.54) is 30.1 Å². The summed E-state index contributed by atoms with van der Waals surface area (Å²) in [6.45, 7) is 5.55. The van der Waals surface area contributed by atoms with E-state index in [0.717, 1.165) is 73.8 Å². The van der Waals surface area contributed by atoms with Gasteiger partial charge in [-0.15, -0.1) is 0 Å². The molecule has 2 fully saturated rings. The van der Waals surface area contributed by atoms with Crippen LogP contribution in [0.2, 0.25) is 0 Å². The zero-order chi connectivity index (χ0) is 41.7. The van der Waals surface area contributed by atoms with E-state index in [0.29, 0.717) is 42.7 Å². The summed E-state index contributed by atoms with van der Waals surface area (Å²) < 4.78 is 50.9. The largest absolute Gasteiger partial charge is 0.494 e. The van der Waals surface area contributed by atoms with Crippen molar-refractivity contribution in [2.75, 3.05) is 52.9 Å². The molecule has 0 spiro atoms. The van der Waals surface area contributed by atoms with E-state index in [1.54, 1.807) is 24.7 Å². The molecule has 12 nitrogen and oxygen atoms in total. The van der Waals surface area contributed by atoms with Gasteiger partial charge in [0, 0.05) is 92.7 Å². The molecule has 3 amide bonds. The highest BCUT2D eigenvalue weighted by Crippen LogP contribution is 2.36. The molecule has 0 radical (unpaired) electrons. The maximum absolute atomic E-state index is 14.3. The first-order valence-electron chi connectivity index (χ1n) is 20.1. The monoisotopic (exact) mass is 811 g/mol. The summed E-state index contributed by atoms with van der Waals surface area (Å²) in [6.07, 6.45) is 5.02. The van der Waals surface area contributed by atoms with Gasteiger partial charge in [-0.05, 0) is 93.6 Å². The number of pyridine rings is 2. The molecule has 310 valence electrons. The van der Waals surface area contributed by atoms with Crippen molar-refractivity contribution < 1.29 is 37.1 Å². The second-order valence-corrected chi connectivity index (χ2v) is 15.3. The van der Waals surface area contributed by atoms with Crippen molar-refractivity contribution in [1.82, 2.24) is 34.6 Å². The number of nitrogens with zero attached hydrogens (tertiary/aromatic N) is 6. The molecule has 15 heteroatoms. The number of benzene rings is 2. The molecule has 2 aliphatic rings. The molecule has 1 N–H and O–H groups in total. The fourth-order valence-electron chi connectivity index (χ4n) is 8.14. The molecule has 59 heavy (non-hydrogen) atoms.